The van der Waals surface area contributed by atoms with Crippen LogP contribution in [0, 0.1) is 18.6 Å². The number of hydrogen-bond donors (Lipinski definition) is 1. The molecule has 292 valence electrons. The Labute approximate surface area is 311 Å². The monoisotopic (exact) mass is 784 g/mol. The molecule has 0 saturated carbocycles. The van der Waals surface area contributed by atoms with Gasteiger partial charge in [0.25, 0.3) is 0 Å². The first-order valence-electron chi connectivity index (χ1n) is 17.2. The fraction of sp³-hybridized carbons (Fsp3) is 0.529. The Morgan fingerprint density at radius 2 is 1.87 bits per heavy atom. The number of rotatable bonds is 4. The first kappa shape index (κ1) is 39.1. The summed E-state index contributed by atoms with van der Waals surface area (Å²) in [6, 6.07) is 0.662. The van der Waals surface area contributed by atoms with Gasteiger partial charge in [-0.3, -0.25) is 14.4 Å². The van der Waals surface area contributed by atoms with Crippen LogP contribution in [0.3, 0.4) is 0 Å². The molecule has 3 fully saturated rings. The maximum absolute atomic E-state index is 16.1. The zero-order valence-electron chi connectivity index (χ0n) is 29.9. The van der Waals surface area contributed by atoms with Crippen molar-refractivity contribution in [2.24, 2.45) is 7.05 Å². The molecular weight excluding hydrogens is 746 g/mol. The molecule has 0 spiro atoms. The SMILES string of the molecule is COc1nc2c3c(nc(-c4cc(N)c(F)c(C)c4C(F)(F)F)c(F)c3n1)OCCN2C1CCN(C=O)C1C.Cn1cnc(Cl)n1.FC1CC2CCCN2C1. The molecule has 0 aliphatic carbocycles. The summed E-state index contributed by atoms with van der Waals surface area (Å²) in [5.74, 6) is -2.44. The van der Waals surface area contributed by atoms with Gasteiger partial charge in [-0.1, -0.05) is 0 Å². The van der Waals surface area contributed by atoms with Crippen LogP contribution in [0.15, 0.2) is 12.4 Å². The van der Waals surface area contributed by atoms with Crippen LogP contribution in [0.25, 0.3) is 22.2 Å². The number of hydrogen-bond acceptors (Lipinski definition) is 11. The van der Waals surface area contributed by atoms with E-state index in [-0.39, 0.29) is 53.8 Å². The van der Waals surface area contributed by atoms with Gasteiger partial charge in [0, 0.05) is 37.8 Å². The molecule has 7 heterocycles. The molecule has 54 heavy (non-hydrogen) atoms. The van der Waals surface area contributed by atoms with Gasteiger partial charge in [0.1, 0.15) is 47.3 Å². The molecule has 4 atom stereocenters. The number of alkyl halides is 4. The number of amides is 1. The molecule has 0 bridgehead atoms. The van der Waals surface area contributed by atoms with Crippen LogP contribution in [-0.4, -0.2) is 110 Å². The second kappa shape index (κ2) is 15.6. The summed E-state index contributed by atoms with van der Waals surface area (Å²) in [5, 5.41) is 4.02. The molecule has 4 unspecified atom stereocenters. The van der Waals surface area contributed by atoms with Crippen molar-refractivity contribution in [2.75, 3.05) is 50.5 Å². The van der Waals surface area contributed by atoms with E-state index in [2.05, 4.69) is 29.9 Å². The van der Waals surface area contributed by atoms with Gasteiger partial charge < -0.3 is 25.0 Å². The second-order valence-corrected chi connectivity index (χ2v) is 13.8. The summed E-state index contributed by atoms with van der Waals surface area (Å²) >= 11 is 5.32. The molecule has 4 aromatic rings. The number of ether oxygens (including phenoxy) is 2. The van der Waals surface area contributed by atoms with Gasteiger partial charge in [0.15, 0.2) is 5.82 Å². The molecule has 8 rings (SSSR count). The predicted molar refractivity (Wildman–Crippen MR) is 187 cm³/mol. The topological polar surface area (TPSA) is 141 Å². The van der Waals surface area contributed by atoms with E-state index in [0.717, 1.165) is 26.3 Å². The molecule has 4 aliphatic heterocycles. The van der Waals surface area contributed by atoms with Crippen LogP contribution in [0.4, 0.5) is 37.8 Å². The van der Waals surface area contributed by atoms with Gasteiger partial charge in [-0.2, -0.15) is 23.1 Å². The Balaban J connectivity index is 0.000000253. The van der Waals surface area contributed by atoms with Gasteiger partial charge in [0.2, 0.25) is 17.6 Å². The van der Waals surface area contributed by atoms with Crippen molar-refractivity contribution >= 4 is 40.4 Å². The number of pyridine rings is 1. The van der Waals surface area contributed by atoms with Crippen LogP contribution in [0.2, 0.25) is 5.28 Å². The number of benzene rings is 1. The Morgan fingerprint density at radius 3 is 2.46 bits per heavy atom. The molecular formula is C34H39ClF6N10O3. The van der Waals surface area contributed by atoms with Gasteiger partial charge in [-0.15, -0.1) is 5.10 Å². The molecule has 3 aromatic heterocycles. The number of nitrogen functional groups attached to an aromatic ring is 1. The number of anilines is 2. The molecule has 2 N–H and O–H groups in total. The lowest BCUT2D eigenvalue weighted by Gasteiger charge is -2.32. The smallest absolute Gasteiger partial charge is 0.417 e. The maximum atomic E-state index is 16.1. The summed E-state index contributed by atoms with van der Waals surface area (Å²) in [5.41, 5.74) is 0.945. The number of carbonyl (C=O) groups is 1. The average Bonchev–Trinajstić information content (AvgIpc) is 3.88. The second-order valence-electron chi connectivity index (χ2n) is 13.5. The summed E-state index contributed by atoms with van der Waals surface area (Å²) in [4.78, 5) is 33.5. The zero-order chi connectivity index (χ0) is 39.1. The number of nitrogens with two attached hydrogens (primary N) is 1. The molecule has 1 aromatic carbocycles. The minimum absolute atomic E-state index is 0.0346. The number of nitrogens with zero attached hydrogens (tertiary/aromatic N) is 9. The lowest BCUT2D eigenvalue weighted by Crippen LogP contribution is -2.45. The van der Waals surface area contributed by atoms with E-state index in [4.69, 9.17) is 26.8 Å². The van der Waals surface area contributed by atoms with E-state index in [9.17, 15) is 26.7 Å². The number of likely N-dealkylation sites (tertiary alicyclic amines) is 1. The summed E-state index contributed by atoms with van der Waals surface area (Å²) < 4.78 is 97.8. The molecule has 20 heteroatoms. The van der Waals surface area contributed by atoms with Crippen LogP contribution >= 0.6 is 11.6 Å². The lowest BCUT2D eigenvalue weighted by atomic mass is 9.96. The molecule has 4 aliphatic rings. The fourth-order valence-corrected chi connectivity index (χ4v) is 7.74. The first-order chi connectivity index (χ1) is 25.6. The number of halogens is 7. The van der Waals surface area contributed by atoms with Gasteiger partial charge >= 0.3 is 12.2 Å². The Morgan fingerprint density at radius 1 is 1.11 bits per heavy atom. The first-order valence-corrected chi connectivity index (χ1v) is 17.6. The normalized spacial score (nSPS) is 22.2. The number of methoxy groups -OCH3 is 1. The summed E-state index contributed by atoms with van der Waals surface area (Å²) in [7, 11) is 3.03. The number of aromatic nitrogens is 6. The van der Waals surface area contributed by atoms with Gasteiger partial charge in [0.05, 0.1) is 30.9 Å². The Bertz CT molecular complexity index is 1990. The molecule has 13 nitrogen and oxygen atoms in total. The van der Waals surface area contributed by atoms with Crippen molar-refractivity contribution in [3.63, 3.8) is 0 Å². The highest BCUT2D eigenvalue weighted by Crippen LogP contribution is 2.46. The highest BCUT2D eigenvalue weighted by Gasteiger charge is 2.41. The van der Waals surface area contributed by atoms with Crippen LogP contribution in [0.1, 0.15) is 43.7 Å². The third kappa shape index (κ3) is 7.65. The van der Waals surface area contributed by atoms with Crippen molar-refractivity contribution in [1.29, 1.82) is 0 Å². The van der Waals surface area contributed by atoms with Crippen molar-refractivity contribution < 1.29 is 40.6 Å². The molecule has 3 saturated heterocycles. The van der Waals surface area contributed by atoms with E-state index in [1.54, 1.807) is 23.0 Å². The third-order valence-electron chi connectivity index (χ3n) is 10.1. The van der Waals surface area contributed by atoms with E-state index in [1.807, 2.05) is 11.8 Å². The largest absolute Gasteiger partial charge is 0.475 e. The molecule has 1 amide bonds. The number of fused-ring (bicyclic) bond motifs is 1. The minimum Gasteiger partial charge on any atom is -0.475 e. The van der Waals surface area contributed by atoms with Gasteiger partial charge in [-0.25, -0.2) is 23.1 Å². The Kier molecular flexibility index (Phi) is 11.3. The highest BCUT2D eigenvalue weighted by molar-refractivity contribution is 6.28. The van der Waals surface area contributed by atoms with E-state index in [1.165, 1.54) is 20.0 Å². The van der Waals surface area contributed by atoms with Crippen LogP contribution in [0.5, 0.6) is 11.9 Å². The summed E-state index contributed by atoms with van der Waals surface area (Å²) in [6.07, 6.45) is 0.668. The van der Waals surface area contributed by atoms with Crippen LogP contribution < -0.4 is 20.1 Å². The Hall–Kier alpha value is -4.65. The van der Waals surface area contributed by atoms with Crippen molar-refractivity contribution in [2.45, 2.75) is 70.0 Å². The van der Waals surface area contributed by atoms with E-state index in [0.29, 0.717) is 36.9 Å². The van der Waals surface area contributed by atoms with Gasteiger partial charge in [-0.05, 0) is 69.3 Å². The lowest BCUT2D eigenvalue weighted by molar-refractivity contribution is -0.137. The highest BCUT2D eigenvalue weighted by atomic mass is 35.5. The quantitative estimate of drug-likeness (QED) is 0.162. The summed E-state index contributed by atoms with van der Waals surface area (Å²) in [6.45, 7) is 5.44. The number of aryl methyl sites for hydroxylation is 1. The standard InChI is InChI=1S/C24H23F5N6O3.C7H12FN.C3H4ClN3/c1-10-16(24(27,28)29)12(8-13(30)17(10)25)19-18(26)20-15-21(33-23(32-20)37-3)35(6-7-38-22(15)31-19)14-4-5-34(9-36)11(14)2;8-6-4-7-2-1-3-9(7)5-6;1-7-2-5-3(4)6-7/h8-9,11,14H,4-7,30H2,1-3H3;6-7H,1-5H2;2H,1H3. The van der Waals surface area contributed by atoms with Crippen LogP contribution in [-0.2, 0) is 18.0 Å². The molecule has 0 radical (unpaired) electrons. The van der Waals surface area contributed by atoms with Crippen molar-refractivity contribution in [3.05, 3.63) is 40.4 Å². The maximum Gasteiger partial charge on any atom is 0.417 e. The van der Waals surface area contributed by atoms with E-state index < -0.39 is 52.1 Å². The minimum atomic E-state index is -5.04. The third-order valence-corrected chi connectivity index (χ3v) is 10.3. The van der Waals surface area contributed by atoms with E-state index >= 15 is 4.39 Å². The number of carbonyl (C=O) groups excluding carboxylic acids is 1. The zero-order valence-corrected chi connectivity index (χ0v) is 30.6. The van der Waals surface area contributed by atoms with Crippen molar-refractivity contribution in [1.82, 2.24) is 39.5 Å². The fourth-order valence-electron chi connectivity index (χ4n) is 7.58. The predicted octanol–water partition coefficient (Wildman–Crippen LogP) is 5.37. The average molecular weight is 785 g/mol. The van der Waals surface area contributed by atoms with Crippen molar-refractivity contribution in [3.8, 4) is 23.1 Å².